The first kappa shape index (κ1) is 15.6. The summed E-state index contributed by atoms with van der Waals surface area (Å²) in [5.74, 6) is -0.0428. The van der Waals surface area contributed by atoms with Crippen LogP contribution in [0.25, 0.3) is 0 Å². The predicted octanol–water partition coefficient (Wildman–Crippen LogP) is 0.598. The number of aliphatic hydroxyl groups excluding tert-OH is 2. The molecule has 0 aromatic heterocycles. The van der Waals surface area contributed by atoms with Crippen LogP contribution in [0.4, 0.5) is 11.4 Å². The van der Waals surface area contributed by atoms with Crippen LogP contribution >= 0.6 is 0 Å². The first-order chi connectivity index (χ1) is 8.79. The van der Waals surface area contributed by atoms with E-state index < -0.39 is 12.5 Å². The second-order valence-corrected chi connectivity index (χ2v) is 4.65. The lowest BCUT2D eigenvalue weighted by atomic mass is 9.99. The maximum Gasteiger partial charge on any atom is 0.140 e. The average molecular weight is 269 g/mol. The van der Waals surface area contributed by atoms with Crippen molar-refractivity contribution in [2.24, 2.45) is 0 Å². The van der Waals surface area contributed by atoms with Gasteiger partial charge in [0.05, 0.1) is 5.69 Å². The minimum atomic E-state index is -0.820. The summed E-state index contributed by atoms with van der Waals surface area (Å²) in [5, 5.41) is 29.0. The summed E-state index contributed by atoms with van der Waals surface area (Å²) in [6.45, 7) is 5.30. The van der Waals surface area contributed by atoms with E-state index in [4.69, 9.17) is 11.5 Å². The molecule has 1 aromatic rings. The van der Waals surface area contributed by atoms with E-state index in [2.05, 4.69) is 0 Å². The minimum Gasteiger partial charge on any atom is -0.506 e. The molecule has 0 radical (unpaired) electrons. The molecule has 0 spiro atoms. The third-order valence-electron chi connectivity index (χ3n) is 3.26. The van der Waals surface area contributed by atoms with Gasteiger partial charge in [-0.1, -0.05) is 6.92 Å². The van der Waals surface area contributed by atoms with Crippen molar-refractivity contribution < 1.29 is 15.3 Å². The molecule has 6 heteroatoms. The Balaban J connectivity index is 3.23. The van der Waals surface area contributed by atoms with E-state index in [9.17, 15) is 15.3 Å². The van der Waals surface area contributed by atoms with Crippen molar-refractivity contribution in [2.75, 3.05) is 11.5 Å². The molecule has 19 heavy (non-hydrogen) atoms. The van der Waals surface area contributed by atoms with Gasteiger partial charge in [-0.3, -0.25) is 0 Å². The molecular weight excluding hydrogens is 246 g/mol. The Hall–Kier alpha value is -1.50. The van der Waals surface area contributed by atoms with Gasteiger partial charge in [0.25, 0.3) is 0 Å². The number of anilines is 2. The molecule has 7 N–H and O–H groups in total. The smallest absolute Gasteiger partial charge is 0.140 e. The van der Waals surface area contributed by atoms with Crippen LogP contribution in [0.15, 0.2) is 6.07 Å². The standard InChI is InChI=1S/C13H23N3O3/c1-4-9-10(6-16(7(2)17)8(3)18)11(14)5-12(19)13(9)15/h5,7-8,17-19H,4,6,14-15H2,1-3H3. The van der Waals surface area contributed by atoms with Crippen molar-refractivity contribution in [2.45, 2.75) is 46.2 Å². The van der Waals surface area contributed by atoms with Crippen molar-refractivity contribution in [3.8, 4) is 5.75 Å². The summed E-state index contributed by atoms with van der Waals surface area (Å²) in [7, 11) is 0. The summed E-state index contributed by atoms with van der Waals surface area (Å²) < 4.78 is 0. The van der Waals surface area contributed by atoms with Gasteiger partial charge in [-0.2, -0.15) is 0 Å². The molecule has 108 valence electrons. The van der Waals surface area contributed by atoms with Gasteiger partial charge < -0.3 is 26.8 Å². The highest BCUT2D eigenvalue weighted by atomic mass is 16.3. The van der Waals surface area contributed by atoms with Crippen molar-refractivity contribution in [1.82, 2.24) is 4.90 Å². The molecule has 0 amide bonds. The van der Waals surface area contributed by atoms with E-state index >= 15 is 0 Å². The van der Waals surface area contributed by atoms with Gasteiger partial charge in [-0.25, -0.2) is 4.90 Å². The maximum absolute atomic E-state index is 9.67. The molecular formula is C13H23N3O3. The van der Waals surface area contributed by atoms with Gasteiger partial charge in [0.1, 0.15) is 18.2 Å². The van der Waals surface area contributed by atoms with Crippen LogP contribution in [0.5, 0.6) is 5.75 Å². The molecule has 2 unspecified atom stereocenters. The number of benzene rings is 1. The minimum absolute atomic E-state index is 0.0428. The lowest BCUT2D eigenvalue weighted by molar-refractivity contribution is -0.0897. The fraction of sp³-hybridized carbons (Fsp3) is 0.538. The summed E-state index contributed by atoms with van der Waals surface area (Å²) in [5.41, 5.74) is 13.9. The van der Waals surface area contributed by atoms with Crippen molar-refractivity contribution >= 4 is 11.4 Å². The number of phenols is 1. The average Bonchev–Trinajstić information content (AvgIpc) is 2.30. The van der Waals surface area contributed by atoms with E-state index in [0.29, 0.717) is 17.8 Å². The van der Waals surface area contributed by atoms with Crippen molar-refractivity contribution in [1.29, 1.82) is 0 Å². The fourth-order valence-corrected chi connectivity index (χ4v) is 2.15. The summed E-state index contributed by atoms with van der Waals surface area (Å²) in [6.07, 6.45) is -1.04. The number of phenolic OH excluding ortho intramolecular Hbond substituents is 1. The number of rotatable bonds is 5. The van der Waals surface area contributed by atoms with Gasteiger partial charge in [-0.05, 0) is 31.4 Å². The zero-order chi connectivity index (χ0) is 14.7. The first-order valence-corrected chi connectivity index (χ1v) is 6.30. The first-order valence-electron chi connectivity index (χ1n) is 6.30. The molecule has 0 fully saturated rings. The second-order valence-electron chi connectivity index (χ2n) is 4.65. The van der Waals surface area contributed by atoms with E-state index in [1.807, 2.05) is 6.92 Å². The van der Waals surface area contributed by atoms with E-state index in [1.54, 1.807) is 13.8 Å². The van der Waals surface area contributed by atoms with Gasteiger partial charge >= 0.3 is 0 Å². The number of hydrogen-bond donors (Lipinski definition) is 5. The Bertz CT molecular complexity index is 439. The highest BCUT2D eigenvalue weighted by molar-refractivity contribution is 5.69. The largest absolute Gasteiger partial charge is 0.506 e. The lowest BCUT2D eigenvalue weighted by Gasteiger charge is -2.29. The molecule has 0 bridgehead atoms. The normalized spacial score (nSPS) is 14.6. The molecule has 2 atom stereocenters. The van der Waals surface area contributed by atoms with Crippen LogP contribution in [-0.2, 0) is 13.0 Å². The summed E-state index contributed by atoms with van der Waals surface area (Å²) >= 11 is 0. The van der Waals surface area contributed by atoms with Gasteiger partial charge in [0, 0.05) is 18.3 Å². The Morgan fingerprint density at radius 2 is 1.68 bits per heavy atom. The molecule has 0 saturated heterocycles. The SMILES string of the molecule is CCc1c(N)c(O)cc(N)c1CN(C(C)O)C(C)O. The van der Waals surface area contributed by atoms with E-state index in [1.165, 1.54) is 11.0 Å². The topological polar surface area (TPSA) is 116 Å². The third kappa shape index (κ3) is 3.28. The predicted molar refractivity (Wildman–Crippen MR) is 75.2 cm³/mol. The molecule has 0 heterocycles. The zero-order valence-corrected chi connectivity index (χ0v) is 11.6. The van der Waals surface area contributed by atoms with E-state index in [-0.39, 0.29) is 12.3 Å². The summed E-state index contributed by atoms with van der Waals surface area (Å²) in [4.78, 5) is 1.47. The Morgan fingerprint density at radius 1 is 1.16 bits per heavy atom. The second kappa shape index (κ2) is 6.10. The van der Waals surface area contributed by atoms with Gasteiger partial charge in [-0.15, -0.1) is 0 Å². The quantitative estimate of drug-likeness (QED) is 0.304. The van der Waals surface area contributed by atoms with Gasteiger partial charge in [0.2, 0.25) is 0 Å². The molecule has 0 aliphatic carbocycles. The van der Waals surface area contributed by atoms with Crippen molar-refractivity contribution in [3.05, 3.63) is 17.2 Å². The van der Waals surface area contributed by atoms with E-state index in [0.717, 1.165) is 11.1 Å². The molecule has 6 nitrogen and oxygen atoms in total. The molecule has 1 aromatic carbocycles. The monoisotopic (exact) mass is 269 g/mol. The van der Waals surface area contributed by atoms with Crippen LogP contribution < -0.4 is 11.5 Å². The number of nitrogens with zero attached hydrogens (tertiary/aromatic N) is 1. The highest BCUT2D eigenvalue weighted by Crippen LogP contribution is 2.33. The van der Waals surface area contributed by atoms with Gasteiger partial charge in [0.15, 0.2) is 0 Å². The summed E-state index contributed by atoms with van der Waals surface area (Å²) in [6, 6.07) is 1.39. The Labute approximate surface area is 113 Å². The number of aromatic hydroxyl groups is 1. The number of hydrogen-bond acceptors (Lipinski definition) is 6. The molecule has 0 aliphatic rings. The number of nitrogens with two attached hydrogens (primary N) is 2. The van der Waals surface area contributed by atoms with Crippen LogP contribution in [-0.4, -0.2) is 32.7 Å². The number of aliphatic hydroxyl groups is 2. The number of nitrogen functional groups attached to an aromatic ring is 2. The Kier molecular flexibility index (Phi) is 4.99. The Morgan fingerprint density at radius 3 is 2.11 bits per heavy atom. The maximum atomic E-state index is 9.67. The van der Waals surface area contributed by atoms with Crippen LogP contribution in [0, 0.1) is 0 Å². The molecule has 1 rings (SSSR count). The highest BCUT2D eigenvalue weighted by Gasteiger charge is 2.21. The molecule has 0 saturated carbocycles. The van der Waals surface area contributed by atoms with Crippen LogP contribution in [0.3, 0.4) is 0 Å². The fourth-order valence-electron chi connectivity index (χ4n) is 2.15. The third-order valence-corrected chi connectivity index (χ3v) is 3.26. The molecule has 0 aliphatic heterocycles. The zero-order valence-electron chi connectivity index (χ0n) is 11.6. The lowest BCUT2D eigenvalue weighted by Crippen LogP contribution is -2.39. The van der Waals surface area contributed by atoms with Crippen molar-refractivity contribution in [3.63, 3.8) is 0 Å². The van der Waals surface area contributed by atoms with Crippen LogP contribution in [0.1, 0.15) is 31.9 Å². The van der Waals surface area contributed by atoms with Crippen LogP contribution in [0.2, 0.25) is 0 Å².